The molecule has 0 amide bonds. The highest BCUT2D eigenvalue weighted by Gasteiger charge is 2.51. The van der Waals surface area contributed by atoms with E-state index in [9.17, 15) is 53.5 Å². The van der Waals surface area contributed by atoms with Gasteiger partial charge in [-0.15, -0.1) is 0 Å². The Morgan fingerprint density at radius 1 is 0.404 bits per heavy atom. The largest absolute Gasteiger partial charge is 0.334 e. The van der Waals surface area contributed by atoms with Gasteiger partial charge in [-0.2, -0.15) is 0 Å². The standard InChI is InChI=1S/C84H79BN4/c1-6-26-56(27-7-1)61-52-80-82-81(53-61)89(84-66(59-32-12-4-13-33-59)42-25-43-67(84)60-34-14-5-15-35-60)79-55-63(87-76-46-22-18-38-70(76)71-39-19-23-47-77(71)87)49-51-73(79)85(82)72-50-48-62(86-74-44-20-16-36-68(74)69-37-17-21-45-75(69)86)54-78(72)88(80)83-64(57-28-8-2-9-29-57)40-24-41-65(83)58-30-10-3-11-31-58/h1-2,4,6-8,12,16-23,26-27,30,34,36-40,42,44-55,57,59,65,67,83-84H,3,5,9-11,13-15,24-25,28-29,31-33,35,41,43H2/i1D,2D,3D,4D,5D,6D,7D,8D,9D,10D,11D,12D,13D,14D,15D,16D,17D,18D,19D,20D,21D,22D,23D,24D,25D,26D,27D,28D,29D,30D,31D,32D,34D,35D,36D,37D,38D,39D,40D,41D,42D,43D,44D,45D,46D,47D. The fraction of sp³-hybridized carbons (Fsp3) is 0.286. The monoisotopic (exact) mass is 1200 g/mol. The molecule has 0 spiro atoms. The summed E-state index contributed by atoms with van der Waals surface area (Å²) in [6.07, 6.45) is -36.3. The molecule has 0 bridgehead atoms. The quantitative estimate of drug-likeness (QED) is 0.106. The summed E-state index contributed by atoms with van der Waals surface area (Å²) in [5.41, 5.74) is -8.56. The molecular weight excluding hydrogens is 1080 g/mol. The van der Waals surface area contributed by atoms with Gasteiger partial charge in [0, 0.05) is 90.8 Å². The van der Waals surface area contributed by atoms with Gasteiger partial charge < -0.3 is 18.9 Å². The average molecular weight is 1200 g/mol. The number of fused-ring (bicyclic) bond motifs is 10. The molecule has 2 aliphatic heterocycles. The highest BCUT2D eigenvalue weighted by molar-refractivity contribution is 7.00. The minimum absolute atomic E-state index is 0.116. The van der Waals surface area contributed by atoms with E-state index in [0.717, 1.165) is 9.13 Å². The van der Waals surface area contributed by atoms with E-state index < -0.39 is 421 Å². The molecule has 0 N–H and O–H groups in total. The van der Waals surface area contributed by atoms with Crippen molar-refractivity contribution in [2.75, 3.05) is 9.80 Å². The van der Waals surface area contributed by atoms with Crippen LogP contribution >= 0.6 is 0 Å². The Balaban J connectivity index is 1.12. The van der Waals surface area contributed by atoms with Crippen LogP contribution in [0.1, 0.15) is 178 Å². The lowest BCUT2D eigenvalue weighted by atomic mass is 9.33. The van der Waals surface area contributed by atoms with E-state index in [1.807, 2.05) is 0 Å². The summed E-state index contributed by atoms with van der Waals surface area (Å²) < 4.78 is 448. The zero-order valence-corrected chi connectivity index (χ0v) is 47.0. The fourth-order valence-electron chi connectivity index (χ4n) is 14.3. The zero-order chi connectivity index (χ0) is 98.6. The molecule has 2 aromatic heterocycles. The maximum atomic E-state index is 10.7. The minimum atomic E-state index is -2.36. The normalized spacial score (nSPS) is 45.5. The predicted octanol–water partition coefficient (Wildman–Crippen LogP) is 20.1. The molecule has 18 rings (SSSR count). The maximum Gasteiger partial charge on any atom is 0.252 e. The molecule has 5 heteroatoms. The van der Waals surface area contributed by atoms with Crippen molar-refractivity contribution >= 4 is 89.5 Å². The number of para-hydroxylation sites is 4. The summed E-state index contributed by atoms with van der Waals surface area (Å²) in [6, 6.07) is -19.9. The number of nitrogens with zero attached hydrogens (tertiary/aromatic N) is 4. The maximum absolute atomic E-state index is 10.7. The second-order valence-electron chi connectivity index (χ2n) is 22.5. The molecule has 438 valence electrons. The number of benzene rings is 8. The highest BCUT2D eigenvalue weighted by atomic mass is 15.2. The van der Waals surface area contributed by atoms with Crippen molar-refractivity contribution in [3.8, 4) is 22.5 Å². The average Bonchev–Trinajstić information content (AvgIpc) is 1.04. The molecule has 23 unspecified atom stereocenters. The Morgan fingerprint density at radius 2 is 0.876 bits per heavy atom. The first-order chi connectivity index (χ1) is 63.3. The molecule has 0 saturated heterocycles. The van der Waals surface area contributed by atoms with E-state index in [4.69, 9.17) is 9.60 Å². The SMILES string of the molecule is [2H]C1=C([2H])C([2H])C(C2=C([2H])C([2H])C([2H])C(C3=C([2H])C([2H])C([2H])C([2H])C3[2H])C2N2c3cc(-n4c5c([2H])c([2H])c([2H])c([2H])c5c5c([2H])c([2H])c([2H])c([2H])c54)ccc3B3c4ccc(-n5c6c([2H])c([2H])c([2H])c([2H])c6c6c([2H])c([2H])c([2H])c([2H])c65)cc4N(C4C(C5C([2H])C([2H])=C([2H])C([2H])C5[2H])=C([2H])C([2H])C([2H])C4C4=C([2H])C([2H])C([2H])C([2H])C4[2H])c4cc(-c5c([2H])c([2H])c([2H])c([2H])c5[2H])cc2c43)CC1[2H]. The summed E-state index contributed by atoms with van der Waals surface area (Å²) in [5.74, 6) is -8.30. The van der Waals surface area contributed by atoms with Crippen LogP contribution < -0.4 is 26.2 Å². The molecule has 0 radical (unpaired) electrons. The van der Waals surface area contributed by atoms with Crippen LogP contribution in [0.5, 0.6) is 0 Å². The molecular formula is C84H79BN4. The summed E-state index contributed by atoms with van der Waals surface area (Å²) in [6.45, 7) is -1.74. The third-order valence-corrected chi connectivity index (χ3v) is 18.0. The van der Waals surface area contributed by atoms with E-state index in [2.05, 4.69) is 0 Å². The Morgan fingerprint density at radius 3 is 1.40 bits per heavy atom. The van der Waals surface area contributed by atoms with Crippen LogP contribution in [0, 0.1) is 23.7 Å². The van der Waals surface area contributed by atoms with Crippen LogP contribution in [0.2, 0.25) is 0 Å². The molecule has 8 aromatic carbocycles. The van der Waals surface area contributed by atoms with Gasteiger partial charge in [-0.3, -0.25) is 0 Å². The first-order valence-corrected chi connectivity index (χ1v) is 29.3. The van der Waals surface area contributed by atoms with Crippen molar-refractivity contribution in [2.24, 2.45) is 23.7 Å². The highest BCUT2D eigenvalue weighted by Crippen LogP contribution is 2.53. The fourth-order valence-corrected chi connectivity index (χ4v) is 14.3. The summed E-state index contributed by atoms with van der Waals surface area (Å²) in [5, 5.41) is -1.88. The van der Waals surface area contributed by atoms with Gasteiger partial charge in [0.25, 0.3) is 6.71 Å². The van der Waals surface area contributed by atoms with Crippen LogP contribution in [0.15, 0.2) is 246 Å². The van der Waals surface area contributed by atoms with Gasteiger partial charge in [-0.25, -0.2) is 0 Å². The van der Waals surface area contributed by atoms with E-state index in [1.54, 1.807) is 0 Å². The van der Waals surface area contributed by atoms with E-state index >= 15 is 0 Å². The van der Waals surface area contributed by atoms with Crippen LogP contribution in [0.4, 0.5) is 22.7 Å². The van der Waals surface area contributed by atoms with Gasteiger partial charge in [0.05, 0.1) is 73.9 Å². The van der Waals surface area contributed by atoms with Crippen molar-refractivity contribution in [1.82, 2.24) is 9.13 Å². The van der Waals surface area contributed by atoms with Gasteiger partial charge >= 0.3 is 0 Å². The van der Waals surface area contributed by atoms with Crippen molar-refractivity contribution < 1.29 is 63.1 Å². The van der Waals surface area contributed by atoms with Crippen molar-refractivity contribution in [3.63, 3.8) is 0 Å². The van der Waals surface area contributed by atoms with Gasteiger partial charge in [-0.1, -0.05) is 174 Å². The van der Waals surface area contributed by atoms with Crippen LogP contribution in [0.25, 0.3) is 66.1 Å². The smallest absolute Gasteiger partial charge is 0.252 e. The van der Waals surface area contributed by atoms with E-state index in [-0.39, 0.29) is 39.1 Å². The topological polar surface area (TPSA) is 16.3 Å². The molecule has 6 aliphatic carbocycles. The van der Waals surface area contributed by atoms with Gasteiger partial charge in [-0.05, 0) is 226 Å². The number of anilines is 4. The molecule has 4 nitrogen and oxygen atoms in total. The predicted molar refractivity (Wildman–Crippen MR) is 378 cm³/mol. The van der Waals surface area contributed by atoms with Crippen molar-refractivity contribution in [3.05, 3.63) is 246 Å². The Labute approximate surface area is 590 Å². The van der Waals surface area contributed by atoms with Crippen LogP contribution in [-0.2, 0) is 0 Å². The van der Waals surface area contributed by atoms with Crippen LogP contribution in [0.3, 0.4) is 0 Å². The molecule has 0 saturated carbocycles. The first kappa shape index (κ1) is 24.7. The summed E-state index contributed by atoms with van der Waals surface area (Å²) >= 11 is 0. The number of rotatable bonds is 9. The molecule has 4 heterocycles. The third-order valence-electron chi connectivity index (χ3n) is 18.0. The zero-order valence-electron chi connectivity index (χ0n) is 93.0. The Hall–Kier alpha value is -8.54. The summed E-state index contributed by atoms with van der Waals surface area (Å²) in [7, 11) is 0. The van der Waals surface area contributed by atoms with Gasteiger partial charge in [0.1, 0.15) is 0 Å². The second-order valence-corrected chi connectivity index (χ2v) is 22.5. The number of aromatic nitrogens is 2. The molecule has 0 fully saturated rings. The molecule has 8 aliphatic rings. The van der Waals surface area contributed by atoms with Crippen LogP contribution in [-0.4, -0.2) is 27.9 Å². The lowest BCUT2D eigenvalue weighted by Gasteiger charge is -2.53. The number of allylic oxidation sites excluding steroid dienone is 8. The lowest BCUT2D eigenvalue weighted by Crippen LogP contribution is -2.65. The van der Waals surface area contributed by atoms with E-state index in [1.165, 1.54) is 58.3 Å². The minimum Gasteiger partial charge on any atom is -0.334 e. The summed E-state index contributed by atoms with van der Waals surface area (Å²) in [4.78, 5) is 2.54. The molecule has 89 heavy (non-hydrogen) atoms. The molecule has 23 atom stereocenters. The second kappa shape index (κ2) is 22.2. The van der Waals surface area contributed by atoms with Gasteiger partial charge in [0.15, 0.2) is 0 Å². The lowest BCUT2D eigenvalue weighted by molar-refractivity contribution is 0.391. The first-order valence-electron chi connectivity index (χ1n) is 53.6. The van der Waals surface area contributed by atoms with Gasteiger partial charge in [0.2, 0.25) is 0 Å². The van der Waals surface area contributed by atoms with Crippen molar-refractivity contribution in [1.29, 1.82) is 0 Å². The molecule has 10 aromatic rings. The van der Waals surface area contributed by atoms with Crippen molar-refractivity contribution in [2.45, 2.75) is 127 Å². The van der Waals surface area contributed by atoms with E-state index in [0.29, 0.717) is 0 Å². The Bertz CT molecular complexity index is 6950. The Kier molecular flexibility index (Phi) is 6.16. The number of hydrogen-bond acceptors (Lipinski definition) is 2. The number of hydrogen-bond donors (Lipinski definition) is 0. The third kappa shape index (κ3) is 8.75.